The maximum Gasteiger partial charge on any atom is 0.244 e. The Morgan fingerprint density at radius 3 is 2.76 bits per heavy atom. The van der Waals surface area contributed by atoms with Crippen LogP contribution in [0.5, 0.6) is 0 Å². The maximum absolute atomic E-state index is 12.7. The molecule has 0 radical (unpaired) electrons. The van der Waals surface area contributed by atoms with Crippen molar-refractivity contribution in [2.75, 3.05) is 31.6 Å². The maximum atomic E-state index is 12.7. The molecule has 2 saturated heterocycles. The van der Waals surface area contributed by atoms with E-state index in [1.54, 1.807) is 6.07 Å². The first kappa shape index (κ1) is 18.4. The van der Waals surface area contributed by atoms with E-state index in [0.717, 1.165) is 38.3 Å². The van der Waals surface area contributed by atoms with Gasteiger partial charge in [0.2, 0.25) is 11.8 Å². The number of amides is 1. The molecule has 0 unspecified atom stereocenters. The second-order valence-corrected chi connectivity index (χ2v) is 8.23. The highest BCUT2D eigenvalue weighted by Crippen LogP contribution is 2.26. The third kappa shape index (κ3) is 4.59. The van der Waals surface area contributed by atoms with E-state index in [4.69, 9.17) is 9.26 Å². The number of ether oxygens (including phenoxy) is 1. The van der Waals surface area contributed by atoms with Gasteiger partial charge >= 0.3 is 0 Å². The summed E-state index contributed by atoms with van der Waals surface area (Å²) in [6, 6.07) is 1.44. The summed E-state index contributed by atoms with van der Waals surface area (Å²) in [5, 5.41) is 16.9. The van der Waals surface area contributed by atoms with Gasteiger partial charge < -0.3 is 14.4 Å². The highest BCUT2D eigenvalue weighted by Gasteiger charge is 2.37. The number of β-amino-alcohol motifs (C(OH)–C–C–N with tert-alkyl or cyclic N) is 1. The SMILES string of the molecule is CC(C)(C)c1cc(NC(=O)[C@@H]2C[C@@H](O)CN2CC2CCOCC2)on1. The molecule has 140 valence electrons. The van der Waals surface area contributed by atoms with Crippen molar-refractivity contribution >= 4 is 11.8 Å². The number of nitrogens with zero attached hydrogens (tertiary/aromatic N) is 2. The molecule has 2 aliphatic rings. The Morgan fingerprint density at radius 2 is 2.12 bits per heavy atom. The molecule has 2 fully saturated rings. The summed E-state index contributed by atoms with van der Waals surface area (Å²) >= 11 is 0. The van der Waals surface area contributed by atoms with E-state index in [9.17, 15) is 9.90 Å². The van der Waals surface area contributed by atoms with Crippen LogP contribution in [0.4, 0.5) is 5.88 Å². The van der Waals surface area contributed by atoms with Crippen LogP contribution < -0.4 is 5.32 Å². The van der Waals surface area contributed by atoms with Gasteiger partial charge in [0.15, 0.2) is 0 Å². The quantitative estimate of drug-likeness (QED) is 0.860. The number of carbonyl (C=O) groups excluding carboxylic acids is 1. The number of aromatic nitrogens is 1. The average Bonchev–Trinajstić information content (AvgIpc) is 3.15. The molecule has 7 nitrogen and oxygen atoms in total. The normalized spacial score (nSPS) is 26.1. The van der Waals surface area contributed by atoms with Gasteiger partial charge in [0.25, 0.3) is 0 Å². The molecule has 2 N–H and O–H groups in total. The zero-order chi connectivity index (χ0) is 18.0. The minimum absolute atomic E-state index is 0.134. The van der Waals surface area contributed by atoms with Gasteiger partial charge in [0.1, 0.15) is 0 Å². The molecule has 0 aromatic carbocycles. The topological polar surface area (TPSA) is 87.8 Å². The van der Waals surface area contributed by atoms with Crippen molar-refractivity contribution < 1.29 is 19.2 Å². The van der Waals surface area contributed by atoms with Crippen molar-refractivity contribution in [3.8, 4) is 0 Å². The Morgan fingerprint density at radius 1 is 1.40 bits per heavy atom. The fraction of sp³-hybridized carbons (Fsp3) is 0.778. The Balaban J connectivity index is 1.61. The average molecular weight is 351 g/mol. The minimum atomic E-state index is -0.463. The zero-order valence-electron chi connectivity index (χ0n) is 15.3. The van der Waals surface area contributed by atoms with Gasteiger partial charge in [-0.3, -0.25) is 15.0 Å². The number of likely N-dealkylation sites (tertiary alicyclic amines) is 1. The standard InChI is InChI=1S/C18H29N3O4/c1-18(2,3)15-9-16(25-20-15)19-17(23)14-8-13(22)11-21(14)10-12-4-6-24-7-5-12/h9,12-14,22H,4-8,10-11H2,1-3H3,(H,19,23)/t13-,14+/m1/s1. The van der Waals surface area contributed by atoms with Crippen molar-refractivity contribution in [2.45, 2.75) is 57.6 Å². The van der Waals surface area contributed by atoms with Crippen molar-refractivity contribution in [1.29, 1.82) is 0 Å². The van der Waals surface area contributed by atoms with Crippen LogP contribution in [0.3, 0.4) is 0 Å². The molecule has 2 atom stereocenters. The fourth-order valence-corrected chi connectivity index (χ4v) is 3.51. The first-order valence-electron chi connectivity index (χ1n) is 9.11. The van der Waals surface area contributed by atoms with Crippen molar-refractivity contribution in [2.24, 2.45) is 5.92 Å². The van der Waals surface area contributed by atoms with E-state index in [2.05, 4.69) is 15.4 Å². The van der Waals surface area contributed by atoms with Crippen LogP contribution in [0.15, 0.2) is 10.6 Å². The second kappa shape index (κ2) is 7.43. The Bertz CT molecular complexity index is 589. The lowest BCUT2D eigenvalue weighted by molar-refractivity contribution is -0.120. The molecule has 0 aliphatic carbocycles. The highest BCUT2D eigenvalue weighted by molar-refractivity contribution is 5.94. The van der Waals surface area contributed by atoms with Crippen LogP contribution in [-0.4, -0.2) is 59.5 Å². The van der Waals surface area contributed by atoms with Gasteiger partial charge in [-0.25, -0.2) is 0 Å². The van der Waals surface area contributed by atoms with Gasteiger partial charge in [0, 0.05) is 37.8 Å². The summed E-state index contributed by atoms with van der Waals surface area (Å²) in [6.45, 7) is 9.05. The molecule has 1 amide bonds. The van der Waals surface area contributed by atoms with E-state index < -0.39 is 6.10 Å². The summed E-state index contributed by atoms with van der Waals surface area (Å²) < 4.78 is 10.7. The van der Waals surface area contributed by atoms with E-state index in [1.165, 1.54) is 0 Å². The number of aliphatic hydroxyl groups is 1. The molecular weight excluding hydrogens is 322 g/mol. The molecule has 1 aromatic rings. The molecule has 25 heavy (non-hydrogen) atoms. The van der Waals surface area contributed by atoms with Crippen LogP contribution in [0.1, 0.15) is 45.7 Å². The number of aliphatic hydroxyl groups excluding tert-OH is 1. The molecular formula is C18H29N3O4. The summed E-state index contributed by atoms with van der Waals surface area (Å²) in [6.07, 6.45) is 2.01. The smallest absolute Gasteiger partial charge is 0.244 e. The third-order valence-electron chi connectivity index (χ3n) is 5.04. The van der Waals surface area contributed by atoms with Crippen LogP contribution in [0, 0.1) is 5.92 Å². The lowest BCUT2D eigenvalue weighted by atomic mass is 9.92. The summed E-state index contributed by atoms with van der Waals surface area (Å²) in [5.41, 5.74) is 0.666. The van der Waals surface area contributed by atoms with E-state index in [1.807, 2.05) is 20.8 Å². The predicted molar refractivity (Wildman–Crippen MR) is 93.4 cm³/mol. The highest BCUT2D eigenvalue weighted by atomic mass is 16.5. The zero-order valence-corrected chi connectivity index (χ0v) is 15.3. The molecule has 0 spiro atoms. The Kier molecular flexibility index (Phi) is 5.46. The van der Waals surface area contributed by atoms with Crippen molar-refractivity contribution in [3.63, 3.8) is 0 Å². The number of rotatable bonds is 4. The van der Waals surface area contributed by atoms with Crippen LogP contribution in [0.2, 0.25) is 0 Å². The molecule has 1 aromatic heterocycles. The van der Waals surface area contributed by atoms with Gasteiger partial charge in [-0.15, -0.1) is 0 Å². The van der Waals surface area contributed by atoms with Gasteiger partial charge in [0.05, 0.1) is 17.8 Å². The van der Waals surface area contributed by atoms with Gasteiger partial charge in [-0.1, -0.05) is 25.9 Å². The molecule has 7 heteroatoms. The number of carbonyl (C=O) groups is 1. The Hall–Kier alpha value is -1.44. The van der Waals surface area contributed by atoms with Crippen LogP contribution in [-0.2, 0) is 14.9 Å². The Labute approximate surface area is 148 Å². The summed E-state index contributed by atoms with van der Waals surface area (Å²) in [7, 11) is 0. The molecule has 3 heterocycles. The molecule has 0 saturated carbocycles. The second-order valence-electron chi connectivity index (χ2n) is 8.23. The molecule has 3 rings (SSSR count). The number of hydrogen-bond donors (Lipinski definition) is 2. The molecule has 2 aliphatic heterocycles. The summed E-state index contributed by atoms with van der Waals surface area (Å²) in [4.78, 5) is 14.8. The largest absolute Gasteiger partial charge is 0.392 e. The monoisotopic (exact) mass is 351 g/mol. The van der Waals surface area contributed by atoms with Gasteiger partial charge in [-0.05, 0) is 25.2 Å². The summed E-state index contributed by atoms with van der Waals surface area (Å²) in [5.74, 6) is 0.745. The lowest BCUT2D eigenvalue weighted by Crippen LogP contribution is -2.42. The first-order chi connectivity index (χ1) is 11.8. The number of anilines is 1. The van der Waals surface area contributed by atoms with Crippen molar-refractivity contribution in [1.82, 2.24) is 10.1 Å². The molecule has 0 bridgehead atoms. The van der Waals surface area contributed by atoms with E-state index in [0.29, 0.717) is 24.8 Å². The van der Waals surface area contributed by atoms with Gasteiger partial charge in [-0.2, -0.15) is 0 Å². The number of hydrogen-bond acceptors (Lipinski definition) is 6. The van der Waals surface area contributed by atoms with E-state index >= 15 is 0 Å². The lowest BCUT2D eigenvalue weighted by Gasteiger charge is -2.29. The van der Waals surface area contributed by atoms with Crippen molar-refractivity contribution in [3.05, 3.63) is 11.8 Å². The van der Waals surface area contributed by atoms with Crippen LogP contribution >= 0.6 is 0 Å². The third-order valence-corrected chi connectivity index (χ3v) is 5.04. The van der Waals surface area contributed by atoms with Crippen LogP contribution in [0.25, 0.3) is 0 Å². The predicted octanol–water partition coefficient (Wildman–Crippen LogP) is 1.77. The fourth-order valence-electron chi connectivity index (χ4n) is 3.51. The van der Waals surface area contributed by atoms with E-state index in [-0.39, 0.29) is 17.4 Å². The minimum Gasteiger partial charge on any atom is -0.392 e. The first-order valence-corrected chi connectivity index (χ1v) is 9.11. The number of nitrogens with one attached hydrogen (secondary N) is 1.